The molecular weight excluding hydrogens is 220 g/mol. The van der Waals surface area contributed by atoms with Crippen molar-refractivity contribution in [3.8, 4) is 0 Å². The third-order valence-corrected chi connectivity index (χ3v) is 5.03. The third-order valence-electron chi connectivity index (χ3n) is 1.60. The van der Waals surface area contributed by atoms with Crippen molar-refractivity contribution in [2.75, 3.05) is 11.5 Å². The summed E-state index contributed by atoms with van der Waals surface area (Å²) in [5, 5.41) is 0. The first kappa shape index (κ1) is 12.0. The van der Waals surface area contributed by atoms with Gasteiger partial charge in [0.25, 0.3) is 0 Å². The van der Waals surface area contributed by atoms with Crippen molar-refractivity contribution in [3.63, 3.8) is 0 Å². The Labute approximate surface area is 91.4 Å². The van der Waals surface area contributed by atoms with E-state index in [1.54, 1.807) is 0 Å². The smallest absolute Gasteiger partial charge is 0.332 e. The van der Waals surface area contributed by atoms with Gasteiger partial charge in [0.15, 0.2) is 4.58 Å². The first-order valence-corrected chi connectivity index (χ1v) is 7.05. The van der Waals surface area contributed by atoms with E-state index in [0.29, 0.717) is 5.75 Å². The molecule has 0 aliphatic carbocycles. The van der Waals surface area contributed by atoms with E-state index >= 15 is 0 Å². The highest BCUT2D eigenvalue weighted by Gasteiger charge is 2.32. The van der Waals surface area contributed by atoms with Crippen molar-refractivity contribution in [2.24, 2.45) is 0 Å². The van der Waals surface area contributed by atoms with E-state index in [-0.39, 0.29) is 5.97 Å². The average molecular weight is 236 g/mol. The van der Waals surface area contributed by atoms with Crippen molar-refractivity contribution < 1.29 is 13.7 Å². The molecule has 0 aromatic heterocycles. The van der Waals surface area contributed by atoms with E-state index in [1.807, 2.05) is 20.8 Å². The van der Waals surface area contributed by atoms with Crippen LogP contribution in [0.1, 0.15) is 27.2 Å². The normalized spacial score (nSPS) is 28.5. The van der Waals surface area contributed by atoms with E-state index in [1.165, 1.54) is 11.8 Å². The minimum Gasteiger partial charge on any atom is -0.458 e. The zero-order valence-electron chi connectivity index (χ0n) is 8.74. The Hall–Kier alpha value is -0.0300. The Morgan fingerprint density at radius 3 is 2.64 bits per heavy atom. The number of hydrogen-bond donors (Lipinski definition) is 0. The molecule has 82 valence electrons. The van der Waals surface area contributed by atoms with Gasteiger partial charge in [0, 0.05) is 16.6 Å². The van der Waals surface area contributed by atoms with Gasteiger partial charge in [0.05, 0.1) is 0 Å². The van der Waals surface area contributed by atoms with Gasteiger partial charge < -0.3 is 4.74 Å². The Balaban J connectivity index is 2.55. The molecule has 5 heteroatoms. The molecule has 1 saturated heterocycles. The van der Waals surface area contributed by atoms with Gasteiger partial charge >= 0.3 is 5.97 Å². The van der Waals surface area contributed by atoms with Gasteiger partial charge in [0.1, 0.15) is 5.60 Å². The quantitative estimate of drug-likeness (QED) is 0.648. The Kier molecular flexibility index (Phi) is 4.01. The lowest BCUT2D eigenvalue weighted by Crippen LogP contribution is -2.35. The van der Waals surface area contributed by atoms with Crippen LogP contribution in [0.4, 0.5) is 0 Å². The second-order valence-corrected chi connectivity index (χ2v) is 7.33. The standard InChI is InChI=1S/C9H16O3S2/c1-9(2,3)12-7(10)8-13-5-4-6-14(8)11/h8H,4-6H2,1-3H3/t8-,14-/m1/s1. The summed E-state index contributed by atoms with van der Waals surface area (Å²) in [4.78, 5) is 11.6. The summed E-state index contributed by atoms with van der Waals surface area (Å²) < 4.78 is 16.2. The number of rotatable bonds is 1. The first-order valence-electron chi connectivity index (χ1n) is 4.62. The van der Waals surface area contributed by atoms with E-state index in [2.05, 4.69) is 0 Å². The minimum absolute atomic E-state index is 0.333. The second kappa shape index (κ2) is 4.66. The molecule has 0 N–H and O–H groups in total. The molecule has 1 heterocycles. The van der Waals surface area contributed by atoms with Crippen LogP contribution in [-0.4, -0.2) is 31.9 Å². The molecule has 14 heavy (non-hydrogen) atoms. The molecule has 1 aliphatic heterocycles. The van der Waals surface area contributed by atoms with Crippen LogP contribution in [0.25, 0.3) is 0 Å². The molecule has 0 unspecified atom stereocenters. The van der Waals surface area contributed by atoms with E-state index < -0.39 is 21.0 Å². The Morgan fingerprint density at radius 1 is 1.50 bits per heavy atom. The van der Waals surface area contributed by atoms with Gasteiger partial charge in [-0.2, -0.15) is 0 Å². The minimum atomic E-state index is -1.05. The van der Waals surface area contributed by atoms with Gasteiger partial charge in [0.2, 0.25) is 0 Å². The topological polar surface area (TPSA) is 43.4 Å². The fourth-order valence-corrected chi connectivity index (χ4v) is 4.08. The summed E-state index contributed by atoms with van der Waals surface area (Å²) in [7, 11) is -1.05. The van der Waals surface area contributed by atoms with Crippen molar-refractivity contribution >= 4 is 28.5 Å². The Morgan fingerprint density at radius 2 is 2.14 bits per heavy atom. The van der Waals surface area contributed by atoms with Crippen LogP contribution >= 0.6 is 11.8 Å². The zero-order chi connectivity index (χ0) is 10.8. The van der Waals surface area contributed by atoms with Crippen LogP contribution in [-0.2, 0) is 20.3 Å². The lowest BCUT2D eigenvalue weighted by Gasteiger charge is -2.25. The summed E-state index contributed by atoms with van der Waals surface area (Å²) in [5.74, 6) is 1.19. The zero-order valence-corrected chi connectivity index (χ0v) is 10.4. The van der Waals surface area contributed by atoms with E-state index in [0.717, 1.165) is 12.2 Å². The van der Waals surface area contributed by atoms with Crippen LogP contribution in [0.3, 0.4) is 0 Å². The predicted molar refractivity (Wildman–Crippen MR) is 59.7 cm³/mol. The van der Waals surface area contributed by atoms with Crippen molar-refractivity contribution in [1.29, 1.82) is 0 Å². The number of hydrogen-bond acceptors (Lipinski definition) is 4. The molecule has 0 bridgehead atoms. The van der Waals surface area contributed by atoms with Crippen LogP contribution in [0.2, 0.25) is 0 Å². The van der Waals surface area contributed by atoms with Crippen molar-refractivity contribution in [3.05, 3.63) is 0 Å². The van der Waals surface area contributed by atoms with Gasteiger partial charge in [-0.05, 0) is 32.9 Å². The molecule has 0 aromatic rings. The average Bonchev–Trinajstić information content (AvgIpc) is 2.01. The number of thioether (sulfide) groups is 1. The molecule has 1 fully saturated rings. The molecule has 0 radical (unpaired) electrons. The fourth-order valence-electron chi connectivity index (χ4n) is 1.10. The van der Waals surface area contributed by atoms with E-state index in [4.69, 9.17) is 4.74 Å². The molecule has 3 nitrogen and oxygen atoms in total. The van der Waals surface area contributed by atoms with Gasteiger partial charge in [-0.15, -0.1) is 11.8 Å². The maximum absolute atomic E-state index is 11.6. The number of ether oxygens (including phenoxy) is 1. The van der Waals surface area contributed by atoms with Gasteiger partial charge in [-0.1, -0.05) is 0 Å². The SMILES string of the molecule is CC(C)(C)OC(=O)[C@@H]1SCCC[S@]1=O. The van der Waals surface area contributed by atoms with Gasteiger partial charge in [-0.25, -0.2) is 4.79 Å². The molecule has 0 saturated carbocycles. The Bertz CT molecular complexity index is 245. The molecule has 2 atom stereocenters. The maximum Gasteiger partial charge on any atom is 0.332 e. The highest BCUT2D eigenvalue weighted by Crippen LogP contribution is 2.25. The molecule has 0 spiro atoms. The third kappa shape index (κ3) is 3.61. The van der Waals surface area contributed by atoms with Crippen LogP contribution < -0.4 is 0 Å². The second-order valence-electron chi connectivity index (χ2n) is 4.17. The van der Waals surface area contributed by atoms with Crippen LogP contribution in [0, 0.1) is 0 Å². The highest BCUT2D eigenvalue weighted by molar-refractivity contribution is 8.12. The largest absolute Gasteiger partial charge is 0.458 e. The fraction of sp³-hybridized carbons (Fsp3) is 0.889. The van der Waals surface area contributed by atoms with Crippen LogP contribution in [0.5, 0.6) is 0 Å². The predicted octanol–water partition coefficient (Wildman–Crippen LogP) is 1.54. The molecule has 0 amide bonds. The lowest BCUT2D eigenvalue weighted by molar-refractivity contribution is -0.152. The maximum atomic E-state index is 11.6. The molecule has 1 aliphatic rings. The monoisotopic (exact) mass is 236 g/mol. The van der Waals surface area contributed by atoms with E-state index in [9.17, 15) is 9.00 Å². The first-order chi connectivity index (χ1) is 6.40. The summed E-state index contributed by atoms with van der Waals surface area (Å²) in [6, 6.07) is 0. The molecule has 1 rings (SSSR count). The number of carbonyl (C=O) groups is 1. The van der Waals surface area contributed by atoms with Crippen molar-refractivity contribution in [2.45, 2.75) is 37.4 Å². The summed E-state index contributed by atoms with van der Waals surface area (Å²) in [5.41, 5.74) is -0.487. The van der Waals surface area contributed by atoms with Gasteiger partial charge in [-0.3, -0.25) is 4.21 Å². The number of carbonyl (C=O) groups excluding carboxylic acids is 1. The summed E-state index contributed by atoms with van der Waals surface area (Å²) in [6.45, 7) is 5.46. The number of esters is 1. The summed E-state index contributed by atoms with van der Waals surface area (Å²) in [6.07, 6.45) is 0.927. The van der Waals surface area contributed by atoms with Crippen molar-refractivity contribution in [1.82, 2.24) is 0 Å². The molecule has 0 aromatic carbocycles. The van der Waals surface area contributed by atoms with Crippen LogP contribution in [0.15, 0.2) is 0 Å². The highest BCUT2D eigenvalue weighted by atomic mass is 32.2. The lowest BCUT2D eigenvalue weighted by atomic mass is 10.2. The summed E-state index contributed by atoms with van der Waals surface area (Å²) >= 11 is 1.45. The molecular formula is C9H16O3S2.